The number of hydrogen-bond donors (Lipinski definition) is 1. The van der Waals surface area contributed by atoms with Crippen LogP contribution in [0.5, 0.6) is 0 Å². The first-order valence-corrected chi connectivity index (χ1v) is 8.57. The molecule has 126 valence electrons. The Morgan fingerprint density at radius 1 is 1.21 bits per heavy atom. The number of piperidine rings is 1. The quantitative estimate of drug-likeness (QED) is 0.913. The summed E-state index contributed by atoms with van der Waals surface area (Å²) in [6.07, 6.45) is 3.22. The molecule has 1 aromatic carbocycles. The van der Waals surface area contributed by atoms with E-state index in [0.717, 1.165) is 29.9 Å². The highest BCUT2D eigenvalue weighted by Crippen LogP contribution is 2.32. The summed E-state index contributed by atoms with van der Waals surface area (Å²) in [5.41, 5.74) is 3.24. The molecule has 2 heterocycles. The highest BCUT2D eigenvalue weighted by Gasteiger charge is 2.30. The molecule has 1 atom stereocenters. The Bertz CT molecular complexity index is 647. The second-order valence-electron chi connectivity index (χ2n) is 6.36. The monoisotopic (exact) mass is 344 g/mol. The van der Waals surface area contributed by atoms with Gasteiger partial charge in [0.25, 0.3) is 0 Å². The van der Waals surface area contributed by atoms with Gasteiger partial charge in [-0.1, -0.05) is 29.8 Å². The van der Waals surface area contributed by atoms with Gasteiger partial charge >= 0.3 is 5.97 Å². The molecule has 2 aromatic rings. The molecule has 1 unspecified atom stereocenters. The number of carboxylic acids is 1. The average Bonchev–Trinajstić information content (AvgIpc) is 2.59. The molecule has 0 amide bonds. The Balaban J connectivity index is 1.89. The smallest absolute Gasteiger partial charge is 0.306 e. The largest absolute Gasteiger partial charge is 0.481 e. The molecule has 0 saturated carbocycles. The molecular formula is C19H21ClN2O2. The van der Waals surface area contributed by atoms with E-state index in [-0.39, 0.29) is 12.0 Å². The lowest BCUT2D eigenvalue weighted by Crippen LogP contribution is -2.39. The molecule has 1 fully saturated rings. The van der Waals surface area contributed by atoms with Gasteiger partial charge in [-0.3, -0.25) is 14.7 Å². The third kappa shape index (κ3) is 3.77. The number of halogens is 1. The number of nitrogens with zero attached hydrogens (tertiary/aromatic N) is 2. The number of aromatic nitrogens is 1. The summed E-state index contributed by atoms with van der Waals surface area (Å²) < 4.78 is 0. The third-order valence-corrected chi connectivity index (χ3v) is 4.90. The van der Waals surface area contributed by atoms with Gasteiger partial charge in [0.05, 0.1) is 17.7 Å². The highest BCUT2D eigenvalue weighted by atomic mass is 35.5. The molecule has 24 heavy (non-hydrogen) atoms. The number of carbonyl (C=O) groups is 1. The predicted octanol–water partition coefficient (Wildman–Crippen LogP) is 3.93. The van der Waals surface area contributed by atoms with Crippen molar-refractivity contribution in [3.05, 3.63) is 64.4 Å². The van der Waals surface area contributed by atoms with E-state index in [9.17, 15) is 9.90 Å². The van der Waals surface area contributed by atoms with Crippen LogP contribution in [0.3, 0.4) is 0 Å². The summed E-state index contributed by atoms with van der Waals surface area (Å²) in [7, 11) is 0. The van der Waals surface area contributed by atoms with Crippen molar-refractivity contribution in [1.29, 1.82) is 0 Å². The van der Waals surface area contributed by atoms with Gasteiger partial charge in [0.1, 0.15) is 0 Å². The van der Waals surface area contributed by atoms with Gasteiger partial charge < -0.3 is 5.11 Å². The number of pyridine rings is 1. The number of carboxylic acid groups (broad SMARTS) is 1. The van der Waals surface area contributed by atoms with Crippen molar-refractivity contribution in [3.63, 3.8) is 0 Å². The summed E-state index contributed by atoms with van der Waals surface area (Å²) in [6.45, 7) is 3.52. The van der Waals surface area contributed by atoms with E-state index in [2.05, 4.69) is 22.0 Å². The minimum Gasteiger partial charge on any atom is -0.481 e. The van der Waals surface area contributed by atoms with Gasteiger partial charge in [-0.05, 0) is 62.2 Å². The maximum absolute atomic E-state index is 11.2. The molecular weight excluding hydrogens is 324 g/mol. The maximum atomic E-state index is 11.2. The summed E-state index contributed by atoms with van der Waals surface area (Å²) in [5, 5.41) is 9.92. The molecule has 0 radical (unpaired) electrons. The van der Waals surface area contributed by atoms with Gasteiger partial charge in [0.15, 0.2) is 0 Å². The first kappa shape index (κ1) is 16.9. The number of rotatable bonds is 4. The fourth-order valence-corrected chi connectivity index (χ4v) is 3.39. The zero-order valence-electron chi connectivity index (χ0n) is 13.7. The normalized spacial score (nSPS) is 17.6. The molecule has 0 aliphatic carbocycles. The second-order valence-corrected chi connectivity index (χ2v) is 6.80. The lowest BCUT2D eigenvalue weighted by molar-refractivity contribution is -0.143. The van der Waals surface area contributed by atoms with Gasteiger partial charge in [0.2, 0.25) is 0 Å². The van der Waals surface area contributed by atoms with E-state index in [1.807, 2.05) is 37.4 Å². The summed E-state index contributed by atoms with van der Waals surface area (Å²) >= 11 is 6.03. The van der Waals surface area contributed by atoms with Crippen LogP contribution in [0.4, 0.5) is 0 Å². The molecule has 1 aromatic heterocycles. The van der Waals surface area contributed by atoms with Crippen LogP contribution in [0, 0.1) is 12.8 Å². The maximum Gasteiger partial charge on any atom is 0.306 e. The van der Waals surface area contributed by atoms with E-state index in [0.29, 0.717) is 17.9 Å². The molecule has 1 saturated heterocycles. The van der Waals surface area contributed by atoms with E-state index in [1.54, 1.807) is 0 Å². The molecule has 0 spiro atoms. The lowest BCUT2D eigenvalue weighted by Gasteiger charge is -2.36. The Morgan fingerprint density at radius 2 is 1.88 bits per heavy atom. The minimum atomic E-state index is -0.689. The fraction of sp³-hybridized carbons (Fsp3) is 0.368. The summed E-state index contributed by atoms with van der Waals surface area (Å²) in [5.74, 6) is -0.927. The standard InChI is InChI=1S/C19H21ClN2O2/c1-13-2-7-17(21-12-13)18(14-3-5-16(20)6-4-14)22-10-8-15(9-11-22)19(23)24/h2-7,12,15,18H,8-11H2,1H3,(H,23,24). The molecule has 4 nitrogen and oxygen atoms in total. The van der Waals surface area contributed by atoms with Crippen LogP contribution in [-0.4, -0.2) is 34.0 Å². The zero-order valence-corrected chi connectivity index (χ0v) is 14.4. The molecule has 0 bridgehead atoms. The van der Waals surface area contributed by atoms with E-state index >= 15 is 0 Å². The van der Waals surface area contributed by atoms with Crippen molar-refractivity contribution in [3.8, 4) is 0 Å². The third-order valence-electron chi connectivity index (χ3n) is 4.64. The molecule has 3 rings (SSSR count). The Labute approximate surface area is 147 Å². The van der Waals surface area contributed by atoms with Crippen LogP contribution in [0.2, 0.25) is 5.02 Å². The van der Waals surface area contributed by atoms with Crippen molar-refractivity contribution >= 4 is 17.6 Å². The van der Waals surface area contributed by atoms with Crippen molar-refractivity contribution in [2.24, 2.45) is 5.92 Å². The number of likely N-dealkylation sites (tertiary alicyclic amines) is 1. The number of aryl methyl sites for hydroxylation is 1. The summed E-state index contributed by atoms with van der Waals surface area (Å²) in [6, 6.07) is 12.0. The number of aliphatic carboxylic acids is 1. The second kappa shape index (κ2) is 7.32. The van der Waals surface area contributed by atoms with E-state index in [4.69, 9.17) is 11.6 Å². The fourth-order valence-electron chi connectivity index (χ4n) is 3.26. The van der Waals surface area contributed by atoms with Crippen LogP contribution in [0.1, 0.15) is 35.7 Å². The first-order chi connectivity index (χ1) is 11.5. The van der Waals surface area contributed by atoms with Crippen molar-refractivity contribution in [2.75, 3.05) is 13.1 Å². The molecule has 1 aliphatic rings. The van der Waals surface area contributed by atoms with Crippen molar-refractivity contribution < 1.29 is 9.90 Å². The van der Waals surface area contributed by atoms with Crippen LogP contribution in [-0.2, 0) is 4.79 Å². The molecule has 1 N–H and O–H groups in total. The first-order valence-electron chi connectivity index (χ1n) is 8.19. The Morgan fingerprint density at radius 3 is 2.42 bits per heavy atom. The van der Waals surface area contributed by atoms with Gasteiger partial charge in [0, 0.05) is 11.2 Å². The molecule has 5 heteroatoms. The number of benzene rings is 1. The van der Waals surface area contributed by atoms with E-state index < -0.39 is 5.97 Å². The van der Waals surface area contributed by atoms with Crippen LogP contribution >= 0.6 is 11.6 Å². The van der Waals surface area contributed by atoms with Crippen molar-refractivity contribution in [1.82, 2.24) is 9.88 Å². The topological polar surface area (TPSA) is 53.4 Å². The summed E-state index contributed by atoms with van der Waals surface area (Å²) in [4.78, 5) is 18.1. The van der Waals surface area contributed by atoms with Gasteiger partial charge in [-0.15, -0.1) is 0 Å². The lowest BCUT2D eigenvalue weighted by atomic mass is 9.93. The van der Waals surface area contributed by atoms with Crippen LogP contribution < -0.4 is 0 Å². The van der Waals surface area contributed by atoms with Gasteiger partial charge in [-0.25, -0.2) is 0 Å². The van der Waals surface area contributed by atoms with Crippen LogP contribution in [0.15, 0.2) is 42.6 Å². The Kier molecular flexibility index (Phi) is 5.17. The SMILES string of the molecule is Cc1ccc(C(c2ccc(Cl)cc2)N2CCC(C(=O)O)CC2)nc1. The predicted molar refractivity (Wildman–Crippen MR) is 94.2 cm³/mol. The average molecular weight is 345 g/mol. The minimum absolute atomic E-state index is 0.0256. The van der Waals surface area contributed by atoms with Crippen molar-refractivity contribution in [2.45, 2.75) is 25.8 Å². The van der Waals surface area contributed by atoms with E-state index in [1.165, 1.54) is 0 Å². The number of hydrogen-bond acceptors (Lipinski definition) is 3. The molecule has 1 aliphatic heterocycles. The zero-order chi connectivity index (χ0) is 17.1. The highest BCUT2D eigenvalue weighted by molar-refractivity contribution is 6.30. The van der Waals surface area contributed by atoms with Gasteiger partial charge in [-0.2, -0.15) is 0 Å². The van der Waals surface area contributed by atoms with Crippen LogP contribution in [0.25, 0.3) is 0 Å². The Hall–Kier alpha value is -1.91.